The Balaban J connectivity index is 1.54. The summed E-state index contributed by atoms with van der Waals surface area (Å²) in [6.45, 7) is 2.13. The van der Waals surface area contributed by atoms with Crippen molar-refractivity contribution < 1.29 is 14.3 Å². The van der Waals surface area contributed by atoms with E-state index in [0.29, 0.717) is 12.1 Å². The Morgan fingerprint density at radius 2 is 1.74 bits per heavy atom. The zero-order valence-corrected chi connectivity index (χ0v) is 15.3. The predicted molar refractivity (Wildman–Crippen MR) is 101 cm³/mol. The predicted octanol–water partition coefficient (Wildman–Crippen LogP) is 3.00. The van der Waals surface area contributed by atoms with E-state index in [-0.39, 0.29) is 12.5 Å². The van der Waals surface area contributed by atoms with E-state index in [1.54, 1.807) is 42.2 Å². The molecule has 0 atom stereocenters. The molecular weight excluding hydrogens is 342 g/mol. The number of benzene rings is 2. The van der Waals surface area contributed by atoms with Crippen molar-refractivity contribution in [2.45, 2.75) is 13.5 Å². The van der Waals surface area contributed by atoms with Gasteiger partial charge < -0.3 is 9.64 Å². The molecule has 0 aliphatic rings. The summed E-state index contributed by atoms with van der Waals surface area (Å²) in [5.41, 5.74) is 3.26. The van der Waals surface area contributed by atoms with Crippen molar-refractivity contribution in [3.63, 3.8) is 0 Å². The van der Waals surface area contributed by atoms with Crippen LogP contribution in [0.5, 0.6) is 0 Å². The van der Waals surface area contributed by atoms with Gasteiger partial charge in [-0.05, 0) is 42.8 Å². The smallest absolute Gasteiger partial charge is 0.338 e. The van der Waals surface area contributed by atoms with E-state index in [9.17, 15) is 9.59 Å². The number of likely N-dealkylation sites (N-methyl/N-ethyl adjacent to an activating group) is 1. The van der Waals surface area contributed by atoms with Gasteiger partial charge in [0.2, 0.25) is 0 Å². The van der Waals surface area contributed by atoms with Crippen LogP contribution in [0.3, 0.4) is 0 Å². The van der Waals surface area contributed by atoms with E-state index < -0.39 is 5.97 Å². The molecule has 6 nitrogen and oxygen atoms in total. The van der Waals surface area contributed by atoms with Crippen LogP contribution in [-0.2, 0) is 16.1 Å². The van der Waals surface area contributed by atoms with Crippen LogP contribution >= 0.6 is 0 Å². The fraction of sp³-hybridized carbons (Fsp3) is 0.190. The van der Waals surface area contributed by atoms with Crippen LogP contribution in [0.1, 0.15) is 21.6 Å². The Kier molecular flexibility index (Phi) is 5.66. The first-order valence-electron chi connectivity index (χ1n) is 8.60. The number of carbonyl (C=O) groups is 2. The maximum absolute atomic E-state index is 12.2. The molecule has 1 heterocycles. The second-order valence-corrected chi connectivity index (χ2v) is 6.24. The van der Waals surface area contributed by atoms with Crippen LogP contribution in [0.15, 0.2) is 66.9 Å². The summed E-state index contributed by atoms with van der Waals surface area (Å²) >= 11 is 0. The van der Waals surface area contributed by atoms with Gasteiger partial charge in [-0.2, -0.15) is 5.10 Å². The number of carbonyl (C=O) groups excluding carboxylic acids is 2. The fourth-order valence-corrected chi connectivity index (χ4v) is 2.64. The fourth-order valence-electron chi connectivity index (χ4n) is 2.64. The standard InChI is InChI=1S/C21H21N3O3/c1-16-12-13-22-24(16)19-10-8-18(9-11-19)21(26)27-15-20(25)23(2)14-17-6-4-3-5-7-17/h3-13H,14-15H2,1-2H3. The van der Waals surface area contributed by atoms with E-state index in [1.165, 1.54) is 4.90 Å². The monoisotopic (exact) mass is 363 g/mol. The highest BCUT2D eigenvalue weighted by molar-refractivity contribution is 5.91. The number of hydrogen-bond donors (Lipinski definition) is 0. The van der Waals surface area contributed by atoms with Crippen molar-refractivity contribution in [3.05, 3.63) is 83.7 Å². The topological polar surface area (TPSA) is 64.4 Å². The summed E-state index contributed by atoms with van der Waals surface area (Å²) in [5, 5.41) is 4.22. The highest BCUT2D eigenvalue weighted by Crippen LogP contribution is 2.12. The summed E-state index contributed by atoms with van der Waals surface area (Å²) in [6.07, 6.45) is 1.72. The first-order valence-corrected chi connectivity index (χ1v) is 8.60. The molecule has 0 N–H and O–H groups in total. The third kappa shape index (κ3) is 4.61. The molecule has 0 aliphatic heterocycles. The quantitative estimate of drug-likeness (QED) is 0.632. The number of rotatable bonds is 6. The van der Waals surface area contributed by atoms with Gasteiger partial charge in [0.25, 0.3) is 5.91 Å². The minimum atomic E-state index is -0.528. The lowest BCUT2D eigenvalue weighted by atomic mass is 10.2. The van der Waals surface area contributed by atoms with Gasteiger partial charge in [0.1, 0.15) is 0 Å². The molecule has 1 amide bonds. The third-order valence-electron chi connectivity index (χ3n) is 4.19. The highest BCUT2D eigenvalue weighted by Gasteiger charge is 2.14. The van der Waals surface area contributed by atoms with Gasteiger partial charge in [-0.15, -0.1) is 0 Å². The molecule has 2 aromatic carbocycles. The summed E-state index contributed by atoms with van der Waals surface area (Å²) in [7, 11) is 1.68. The zero-order valence-electron chi connectivity index (χ0n) is 15.3. The van der Waals surface area contributed by atoms with Gasteiger partial charge in [0.05, 0.1) is 11.3 Å². The lowest BCUT2D eigenvalue weighted by Gasteiger charge is -2.17. The minimum Gasteiger partial charge on any atom is -0.452 e. The van der Waals surface area contributed by atoms with E-state index in [1.807, 2.05) is 43.3 Å². The van der Waals surface area contributed by atoms with Crippen LogP contribution in [-0.4, -0.2) is 40.2 Å². The van der Waals surface area contributed by atoms with Gasteiger partial charge in [0, 0.05) is 25.5 Å². The summed E-state index contributed by atoms with van der Waals surface area (Å²) in [5.74, 6) is -0.781. The molecule has 138 valence electrons. The molecule has 3 rings (SSSR count). The number of hydrogen-bond acceptors (Lipinski definition) is 4. The third-order valence-corrected chi connectivity index (χ3v) is 4.19. The Morgan fingerprint density at radius 1 is 1.04 bits per heavy atom. The largest absolute Gasteiger partial charge is 0.452 e. The van der Waals surface area contributed by atoms with Gasteiger partial charge in [-0.1, -0.05) is 30.3 Å². The van der Waals surface area contributed by atoms with Crippen molar-refractivity contribution in [1.29, 1.82) is 0 Å². The van der Waals surface area contributed by atoms with Crippen LogP contribution in [0.2, 0.25) is 0 Å². The van der Waals surface area contributed by atoms with Crippen LogP contribution < -0.4 is 0 Å². The Labute approximate surface area is 158 Å². The number of aryl methyl sites for hydroxylation is 1. The Bertz CT molecular complexity index is 917. The molecular formula is C21H21N3O3. The molecule has 0 bridgehead atoms. The number of nitrogens with zero attached hydrogens (tertiary/aromatic N) is 3. The molecule has 1 aromatic heterocycles. The molecule has 0 unspecified atom stereocenters. The Morgan fingerprint density at radius 3 is 2.37 bits per heavy atom. The van der Waals surface area contributed by atoms with Crippen molar-refractivity contribution in [1.82, 2.24) is 14.7 Å². The second-order valence-electron chi connectivity index (χ2n) is 6.24. The van der Waals surface area contributed by atoms with Crippen LogP contribution in [0.4, 0.5) is 0 Å². The molecule has 0 saturated carbocycles. The number of aromatic nitrogens is 2. The first-order chi connectivity index (χ1) is 13.0. The average Bonchev–Trinajstić information content (AvgIpc) is 3.12. The molecule has 0 fully saturated rings. The van der Waals surface area contributed by atoms with Gasteiger partial charge in [-0.3, -0.25) is 4.79 Å². The van der Waals surface area contributed by atoms with Crippen molar-refractivity contribution in [3.8, 4) is 5.69 Å². The second kappa shape index (κ2) is 8.31. The van der Waals surface area contributed by atoms with Crippen molar-refractivity contribution in [2.24, 2.45) is 0 Å². The first kappa shape index (κ1) is 18.4. The molecule has 27 heavy (non-hydrogen) atoms. The molecule has 0 spiro atoms. The SMILES string of the molecule is Cc1ccnn1-c1ccc(C(=O)OCC(=O)N(C)Cc2ccccc2)cc1. The highest BCUT2D eigenvalue weighted by atomic mass is 16.5. The normalized spacial score (nSPS) is 10.4. The van der Waals surface area contributed by atoms with Crippen molar-refractivity contribution >= 4 is 11.9 Å². The molecule has 3 aromatic rings. The average molecular weight is 363 g/mol. The van der Waals surface area contributed by atoms with E-state index >= 15 is 0 Å². The molecule has 0 aliphatic carbocycles. The summed E-state index contributed by atoms with van der Waals surface area (Å²) < 4.78 is 6.93. The van der Waals surface area contributed by atoms with Gasteiger partial charge in [0.15, 0.2) is 6.61 Å². The van der Waals surface area contributed by atoms with Gasteiger partial charge >= 0.3 is 5.97 Å². The van der Waals surface area contributed by atoms with E-state index in [2.05, 4.69) is 5.10 Å². The zero-order chi connectivity index (χ0) is 19.2. The lowest BCUT2D eigenvalue weighted by molar-refractivity contribution is -0.133. The van der Waals surface area contributed by atoms with E-state index in [0.717, 1.165) is 16.9 Å². The maximum Gasteiger partial charge on any atom is 0.338 e. The lowest BCUT2D eigenvalue weighted by Crippen LogP contribution is -2.30. The number of esters is 1. The Hall–Kier alpha value is -3.41. The minimum absolute atomic E-state index is 0.254. The summed E-state index contributed by atoms with van der Waals surface area (Å²) in [6, 6.07) is 18.5. The summed E-state index contributed by atoms with van der Waals surface area (Å²) in [4.78, 5) is 25.9. The van der Waals surface area contributed by atoms with Crippen LogP contribution in [0, 0.1) is 6.92 Å². The maximum atomic E-state index is 12.2. The molecule has 6 heteroatoms. The number of ether oxygens (including phenoxy) is 1. The van der Waals surface area contributed by atoms with Crippen molar-refractivity contribution in [2.75, 3.05) is 13.7 Å². The molecule has 0 radical (unpaired) electrons. The molecule has 0 saturated heterocycles. The van der Waals surface area contributed by atoms with Gasteiger partial charge in [-0.25, -0.2) is 9.48 Å². The number of amides is 1. The van der Waals surface area contributed by atoms with E-state index in [4.69, 9.17) is 4.74 Å². The van der Waals surface area contributed by atoms with Crippen LogP contribution in [0.25, 0.3) is 5.69 Å².